The van der Waals surface area contributed by atoms with Crippen LogP contribution in [0.1, 0.15) is 53.4 Å². The van der Waals surface area contributed by atoms with E-state index in [9.17, 15) is 28.9 Å². The lowest BCUT2D eigenvalue weighted by Gasteiger charge is -2.44. The number of esters is 3. The summed E-state index contributed by atoms with van der Waals surface area (Å²) in [6.07, 6.45) is -4.65. The van der Waals surface area contributed by atoms with Gasteiger partial charge in [0.15, 0.2) is 18.5 Å². The van der Waals surface area contributed by atoms with E-state index in [-0.39, 0.29) is 38.1 Å². The minimum absolute atomic E-state index is 0.0629. The van der Waals surface area contributed by atoms with Crippen LogP contribution in [0.3, 0.4) is 0 Å². The van der Waals surface area contributed by atoms with Crippen molar-refractivity contribution in [1.82, 2.24) is 10.6 Å². The van der Waals surface area contributed by atoms with Gasteiger partial charge in [0, 0.05) is 68.0 Å². The third-order valence-corrected chi connectivity index (χ3v) is 9.05. The van der Waals surface area contributed by atoms with Crippen molar-refractivity contribution in [2.24, 2.45) is 5.92 Å². The molecule has 1 saturated carbocycles. The Morgan fingerprint density at radius 3 is 2.09 bits per heavy atom. The summed E-state index contributed by atoms with van der Waals surface area (Å²) in [6, 6.07) is -1.53. The first-order valence-corrected chi connectivity index (χ1v) is 17.6. The van der Waals surface area contributed by atoms with Crippen molar-refractivity contribution in [3.63, 3.8) is 0 Å². The Morgan fingerprint density at radius 1 is 0.872 bits per heavy atom. The van der Waals surface area contributed by atoms with Crippen LogP contribution < -0.4 is 10.6 Å². The predicted molar refractivity (Wildman–Crippen MR) is 165 cm³/mol. The number of rotatable bonds is 18. The molecule has 0 radical (unpaired) electrons. The Balaban J connectivity index is 2.04. The summed E-state index contributed by atoms with van der Waals surface area (Å²) in [6.45, 7) is 1.22. The molecule has 2 rings (SSSR count). The Labute approximate surface area is 279 Å². The number of methoxy groups -OCH3 is 2. The fraction of sp³-hybridized carbons (Fsp3) is 0.821. The fourth-order valence-corrected chi connectivity index (χ4v) is 6.53. The lowest BCUT2D eigenvalue weighted by Crippen LogP contribution is -2.66. The molecule has 2 aliphatic rings. The highest BCUT2D eigenvalue weighted by Crippen LogP contribution is 2.48. The van der Waals surface area contributed by atoms with E-state index in [1.54, 1.807) is 0 Å². The van der Waals surface area contributed by atoms with Gasteiger partial charge >= 0.3 is 24.6 Å². The van der Waals surface area contributed by atoms with E-state index < -0.39 is 79.4 Å². The van der Waals surface area contributed by atoms with Crippen molar-refractivity contribution < 1.29 is 71.1 Å². The van der Waals surface area contributed by atoms with Crippen LogP contribution in [0.15, 0.2) is 0 Å². The molecular weight excluding hydrogens is 667 g/mol. The second-order valence-corrected chi connectivity index (χ2v) is 14.0. The lowest BCUT2D eigenvalue weighted by molar-refractivity contribution is -0.277. The van der Waals surface area contributed by atoms with Crippen LogP contribution in [-0.4, -0.2) is 125 Å². The molecule has 0 aromatic rings. The Kier molecular flexibility index (Phi) is 17.1. The van der Waals surface area contributed by atoms with Gasteiger partial charge in [0.2, 0.25) is 11.8 Å². The van der Waals surface area contributed by atoms with Gasteiger partial charge in [0.05, 0.1) is 12.6 Å². The van der Waals surface area contributed by atoms with Crippen molar-refractivity contribution in [1.29, 1.82) is 0 Å². The molecule has 2 unspecified atom stereocenters. The molecule has 0 bridgehead atoms. The molecule has 270 valence electrons. The van der Waals surface area contributed by atoms with Crippen LogP contribution in [-0.2, 0) is 78.0 Å². The molecule has 47 heavy (non-hydrogen) atoms. The minimum atomic E-state index is -3.51. The second kappa shape index (κ2) is 19.7. The normalized spacial score (nSPS) is 30.1. The van der Waals surface area contributed by atoms with E-state index in [0.717, 1.165) is 13.8 Å². The summed E-state index contributed by atoms with van der Waals surface area (Å²) < 4.78 is 49.3. The summed E-state index contributed by atoms with van der Waals surface area (Å²) in [5.74, 6) is -3.03. The number of hydrogen-bond acceptors (Lipinski definition) is 15. The zero-order valence-corrected chi connectivity index (χ0v) is 29.4. The Bertz CT molecular complexity index is 1130. The molecule has 1 aliphatic heterocycles. The van der Waals surface area contributed by atoms with Gasteiger partial charge in [-0.15, -0.1) is 0 Å². The predicted octanol–water partition coefficient (Wildman–Crippen LogP) is 0.244. The van der Waals surface area contributed by atoms with E-state index in [0.29, 0.717) is 19.3 Å². The monoisotopic (exact) mass is 714 g/mol. The first kappa shape index (κ1) is 40.9. The Morgan fingerprint density at radius 2 is 1.53 bits per heavy atom. The number of amides is 2. The quantitative estimate of drug-likeness (QED) is 0.0751. The van der Waals surface area contributed by atoms with Crippen molar-refractivity contribution in [3.05, 3.63) is 0 Å². The molecule has 3 N–H and O–H groups in total. The zero-order valence-electron chi connectivity index (χ0n) is 27.7. The SMILES string of the molecule is COC[C@H]1C[C@H](NC(=O)CCCCO[C@@H]2O[C@H](COC(C)=O)[C@H](OC(C)=O)[C@H](OC(C)=O)[C@H]2NC(C)=O)[C@@H](OC)C1OP(O)(=S)OC. The molecule has 2 fully saturated rings. The van der Waals surface area contributed by atoms with E-state index >= 15 is 0 Å². The zero-order chi connectivity index (χ0) is 35.3. The van der Waals surface area contributed by atoms with Gasteiger partial charge in [0.1, 0.15) is 31.0 Å². The van der Waals surface area contributed by atoms with Crippen molar-refractivity contribution in [2.75, 3.05) is 41.2 Å². The maximum Gasteiger partial charge on any atom is 0.324 e. The van der Waals surface area contributed by atoms with Crippen LogP contribution in [0.2, 0.25) is 0 Å². The van der Waals surface area contributed by atoms with Gasteiger partial charge in [-0.2, -0.15) is 0 Å². The van der Waals surface area contributed by atoms with Crippen LogP contribution in [0, 0.1) is 5.92 Å². The smallest absolute Gasteiger partial charge is 0.324 e. The first-order chi connectivity index (χ1) is 22.1. The highest BCUT2D eigenvalue weighted by atomic mass is 32.5. The van der Waals surface area contributed by atoms with Gasteiger partial charge < -0.3 is 57.7 Å². The standard InChI is InChI=1S/C28H47N2O15PS/c1-15(31)29-23-27(43-18(4)34)26(42-17(3)33)21(14-41-16(2)32)44-28(23)40-11-9-8-10-22(35)30-20-12-19(13-37-5)24(25(20)38-6)45-46(36,47)39-7/h19-21,23-28H,8-14H2,1-7H3,(H,29,31)(H,30,35)(H,36,47)/t19-,20+,21-,23-,24?,25-,26+,27-,28-,46?/m1/s1. The maximum atomic E-state index is 12.9. The first-order valence-electron chi connectivity index (χ1n) is 15.0. The van der Waals surface area contributed by atoms with Crippen molar-refractivity contribution >= 4 is 48.2 Å². The van der Waals surface area contributed by atoms with Crippen LogP contribution in [0.4, 0.5) is 0 Å². The highest BCUT2D eigenvalue weighted by molar-refractivity contribution is 8.07. The largest absolute Gasteiger partial charge is 0.463 e. The summed E-state index contributed by atoms with van der Waals surface area (Å²) in [4.78, 5) is 70.6. The number of hydrogen-bond donors (Lipinski definition) is 3. The third kappa shape index (κ3) is 13.3. The van der Waals surface area contributed by atoms with Crippen LogP contribution in [0.5, 0.6) is 0 Å². The highest BCUT2D eigenvalue weighted by Gasteiger charge is 2.51. The van der Waals surface area contributed by atoms with Crippen molar-refractivity contribution in [2.45, 2.75) is 102 Å². The molecule has 1 heterocycles. The van der Waals surface area contributed by atoms with E-state index in [1.807, 2.05) is 0 Å². The molecule has 2 amide bonds. The average Bonchev–Trinajstić information content (AvgIpc) is 3.28. The number of carbonyl (C=O) groups excluding carboxylic acids is 5. The molecule has 1 aliphatic carbocycles. The minimum Gasteiger partial charge on any atom is -0.463 e. The van der Waals surface area contributed by atoms with Gasteiger partial charge in [-0.1, -0.05) is 0 Å². The lowest BCUT2D eigenvalue weighted by atomic mass is 9.96. The summed E-state index contributed by atoms with van der Waals surface area (Å²) in [7, 11) is 4.26. The maximum absolute atomic E-state index is 12.9. The second-order valence-electron chi connectivity index (χ2n) is 11.1. The van der Waals surface area contributed by atoms with Gasteiger partial charge in [-0.05, 0) is 31.1 Å². The average molecular weight is 715 g/mol. The van der Waals surface area contributed by atoms with Gasteiger partial charge in [0.25, 0.3) is 0 Å². The van der Waals surface area contributed by atoms with Crippen LogP contribution >= 0.6 is 6.72 Å². The molecule has 10 atom stereocenters. The number of carbonyl (C=O) groups is 5. The number of ether oxygens (including phenoxy) is 7. The van der Waals surface area contributed by atoms with E-state index in [4.69, 9.17) is 54.0 Å². The topological polar surface area (TPSA) is 213 Å². The summed E-state index contributed by atoms with van der Waals surface area (Å²) in [5.41, 5.74) is 0. The molecule has 0 spiro atoms. The van der Waals surface area contributed by atoms with Gasteiger partial charge in [-0.25, -0.2) is 0 Å². The molecule has 1 saturated heterocycles. The number of unbranched alkanes of at least 4 members (excludes halogenated alkanes) is 1. The van der Waals surface area contributed by atoms with Crippen molar-refractivity contribution in [3.8, 4) is 0 Å². The molecule has 0 aromatic heterocycles. The number of nitrogens with one attached hydrogen (secondary N) is 2. The van der Waals surface area contributed by atoms with Crippen LogP contribution in [0.25, 0.3) is 0 Å². The third-order valence-electron chi connectivity index (χ3n) is 7.38. The molecular formula is C28H47N2O15PS. The fourth-order valence-electron chi connectivity index (χ4n) is 5.55. The summed E-state index contributed by atoms with van der Waals surface area (Å²) in [5, 5.41) is 5.59. The van der Waals surface area contributed by atoms with E-state index in [2.05, 4.69) is 10.6 Å². The summed E-state index contributed by atoms with van der Waals surface area (Å²) >= 11 is 5.01. The van der Waals surface area contributed by atoms with E-state index in [1.165, 1.54) is 35.2 Å². The molecule has 19 heteroatoms. The Hall–Kier alpha value is -2.28. The van der Waals surface area contributed by atoms with Gasteiger partial charge in [-0.3, -0.25) is 24.0 Å². The molecule has 0 aromatic carbocycles. The molecule has 17 nitrogen and oxygen atoms in total.